The number of carbonyl (C=O) groups is 1. The van der Waals surface area contributed by atoms with Crippen molar-refractivity contribution in [1.29, 1.82) is 0 Å². The van der Waals surface area contributed by atoms with Gasteiger partial charge in [-0.05, 0) is 92.5 Å². The van der Waals surface area contributed by atoms with Crippen LogP contribution in [-0.2, 0) is 0 Å². The number of ketones is 1. The lowest BCUT2D eigenvalue weighted by Gasteiger charge is -2.23. The number of aryl methyl sites for hydroxylation is 1. The van der Waals surface area contributed by atoms with Crippen molar-refractivity contribution in [3.8, 4) is 16.9 Å². The lowest BCUT2D eigenvalue weighted by Crippen LogP contribution is -2.14. The van der Waals surface area contributed by atoms with Crippen molar-refractivity contribution < 1.29 is 18.3 Å². The van der Waals surface area contributed by atoms with Gasteiger partial charge in [-0.2, -0.15) is 8.78 Å². The Morgan fingerprint density at radius 1 is 1.07 bits per heavy atom. The second-order valence-electron chi connectivity index (χ2n) is 11.5. The summed E-state index contributed by atoms with van der Waals surface area (Å²) in [5, 5.41) is 1.72. The molecule has 1 aromatic heterocycles. The van der Waals surface area contributed by atoms with Crippen LogP contribution in [0.1, 0.15) is 67.8 Å². The summed E-state index contributed by atoms with van der Waals surface area (Å²) in [7, 11) is 0. The lowest BCUT2D eigenvalue weighted by atomic mass is 9.82. The van der Waals surface area contributed by atoms with E-state index in [0.29, 0.717) is 0 Å². The molecule has 1 aliphatic carbocycles. The molecule has 4 nitrogen and oxygen atoms in total. The molecule has 0 radical (unpaired) electrons. The van der Waals surface area contributed by atoms with E-state index < -0.39 is 6.61 Å². The number of Topliss-reactive ketones (excluding diaryl/α,β-unsaturated/α-hetero) is 1. The molecule has 0 spiro atoms. The summed E-state index contributed by atoms with van der Waals surface area (Å²) in [4.78, 5) is 21.6. The average Bonchev–Trinajstić information content (AvgIpc) is 3.29. The van der Waals surface area contributed by atoms with E-state index in [9.17, 15) is 13.6 Å². The third-order valence-corrected chi connectivity index (χ3v) is 8.43. The van der Waals surface area contributed by atoms with E-state index in [1.807, 2.05) is 62.5 Å². The molecule has 0 amide bonds. The zero-order chi connectivity index (χ0) is 29.6. The number of hydrogen-bond donors (Lipinski definition) is 1. The number of nitrogens with zero attached hydrogens (tertiary/aromatic N) is 1. The van der Waals surface area contributed by atoms with E-state index in [0.717, 1.165) is 75.8 Å². The first-order valence-electron chi connectivity index (χ1n) is 14.8. The van der Waals surface area contributed by atoms with E-state index in [2.05, 4.69) is 16.3 Å². The van der Waals surface area contributed by atoms with Crippen LogP contribution < -0.4 is 10.1 Å². The molecule has 1 atom stereocenters. The third-order valence-electron chi connectivity index (χ3n) is 8.43. The van der Waals surface area contributed by atoms with Crippen molar-refractivity contribution >= 4 is 22.4 Å². The first-order chi connectivity index (χ1) is 20.3. The van der Waals surface area contributed by atoms with Gasteiger partial charge in [0.05, 0.1) is 16.6 Å². The molecule has 0 bridgehead atoms. The molecule has 0 saturated heterocycles. The van der Waals surface area contributed by atoms with Crippen molar-refractivity contribution in [2.24, 2.45) is 16.8 Å². The Balaban J connectivity index is 1.32. The fourth-order valence-electron chi connectivity index (χ4n) is 5.97. The standard InChI is InChI=1S/C36H38F2N2O2/c1-23-11-13-26(14-12-23)8-6-7-24(2)35(41)30-20-17-28(21-25(30)3)40-33-10-5-4-9-31-32(22-39-34(31)33)27-15-18-29(19-16-27)42-36(37)38/h4-5,9-10,15-22,24,26,36,39H,1,6-8,11-14H2,2-3H3. The van der Waals surface area contributed by atoms with E-state index in [4.69, 9.17) is 4.99 Å². The molecule has 1 unspecified atom stereocenters. The zero-order valence-corrected chi connectivity index (χ0v) is 24.3. The second kappa shape index (κ2) is 13.3. The van der Waals surface area contributed by atoms with Crippen LogP contribution in [0, 0.1) is 18.8 Å². The predicted octanol–water partition coefficient (Wildman–Crippen LogP) is 9.71. The van der Waals surface area contributed by atoms with Gasteiger partial charge >= 0.3 is 6.61 Å². The molecule has 4 aromatic rings. The van der Waals surface area contributed by atoms with Crippen molar-refractivity contribution in [3.63, 3.8) is 0 Å². The van der Waals surface area contributed by atoms with Crippen LogP contribution in [0.3, 0.4) is 0 Å². The summed E-state index contributed by atoms with van der Waals surface area (Å²) in [6, 6.07) is 20.2. The average molecular weight is 569 g/mol. The number of H-pyrrole nitrogens is 1. The number of ether oxygens (including phenoxy) is 1. The van der Waals surface area contributed by atoms with Gasteiger partial charge < -0.3 is 9.72 Å². The molecule has 3 aromatic carbocycles. The number of rotatable bonds is 10. The van der Waals surface area contributed by atoms with Crippen molar-refractivity contribution in [2.45, 2.75) is 65.4 Å². The molecule has 1 fully saturated rings. The topological polar surface area (TPSA) is 54.4 Å². The molecule has 1 aliphatic rings. The maximum absolute atomic E-state index is 13.3. The number of aromatic nitrogens is 1. The minimum Gasteiger partial charge on any atom is -0.435 e. The van der Waals surface area contributed by atoms with E-state index in [-0.39, 0.29) is 17.5 Å². The Morgan fingerprint density at radius 3 is 2.52 bits per heavy atom. The first-order valence-corrected chi connectivity index (χ1v) is 14.8. The third kappa shape index (κ3) is 7.04. The summed E-state index contributed by atoms with van der Waals surface area (Å²) in [5.41, 5.74) is 6.51. The van der Waals surface area contributed by atoms with Gasteiger partial charge in [0.15, 0.2) is 5.78 Å². The van der Waals surface area contributed by atoms with Gasteiger partial charge in [0, 0.05) is 28.6 Å². The number of aromatic amines is 1. The number of hydrogen-bond acceptors (Lipinski definition) is 3. The van der Waals surface area contributed by atoms with E-state index in [1.165, 1.54) is 37.0 Å². The van der Waals surface area contributed by atoms with Gasteiger partial charge in [0.1, 0.15) is 5.75 Å². The summed E-state index contributed by atoms with van der Waals surface area (Å²) in [6.07, 6.45) is 9.89. The monoisotopic (exact) mass is 568 g/mol. The van der Waals surface area contributed by atoms with E-state index >= 15 is 0 Å². The maximum Gasteiger partial charge on any atom is 0.387 e. The van der Waals surface area contributed by atoms with E-state index in [1.54, 1.807) is 12.1 Å². The van der Waals surface area contributed by atoms with Crippen molar-refractivity contribution in [2.75, 3.05) is 0 Å². The molecule has 6 heteroatoms. The molecule has 1 N–H and O–H groups in total. The number of fused-ring (bicyclic) bond motifs is 1. The van der Waals surface area contributed by atoms with Gasteiger partial charge in [-0.15, -0.1) is 0 Å². The molecule has 218 valence electrons. The molecular formula is C36H38F2N2O2. The summed E-state index contributed by atoms with van der Waals surface area (Å²) in [5.74, 6) is 1.08. The molecule has 1 saturated carbocycles. The zero-order valence-electron chi connectivity index (χ0n) is 24.3. The smallest absolute Gasteiger partial charge is 0.387 e. The van der Waals surface area contributed by atoms with Crippen LogP contribution in [0.15, 0.2) is 90.1 Å². The van der Waals surface area contributed by atoms with Gasteiger partial charge in [0.25, 0.3) is 0 Å². The number of halogens is 2. The number of alkyl halides is 2. The van der Waals surface area contributed by atoms with Crippen molar-refractivity contribution in [1.82, 2.24) is 4.98 Å². The van der Waals surface area contributed by atoms with Crippen LogP contribution in [0.25, 0.3) is 22.0 Å². The lowest BCUT2D eigenvalue weighted by molar-refractivity contribution is -0.0498. The van der Waals surface area contributed by atoms with Crippen LogP contribution in [0.5, 0.6) is 5.75 Å². The Labute approximate surface area is 246 Å². The number of nitrogens with one attached hydrogen (secondary N) is 1. The van der Waals surface area contributed by atoms with Crippen LogP contribution in [0.4, 0.5) is 14.5 Å². The predicted molar refractivity (Wildman–Crippen MR) is 165 cm³/mol. The Bertz CT molecular complexity index is 1630. The normalized spacial score (nSPS) is 15.4. The van der Waals surface area contributed by atoms with Crippen LogP contribution in [0.2, 0.25) is 0 Å². The molecule has 42 heavy (non-hydrogen) atoms. The fraction of sp³-hybridized carbons (Fsp3) is 0.333. The Hall–Kier alpha value is -4.06. The number of allylic oxidation sites excluding steroid dienone is 1. The number of carbonyl (C=O) groups excluding carboxylic acids is 1. The largest absolute Gasteiger partial charge is 0.435 e. The quantitative estimate of drug-likeness (QED) is 0.153. The maximum atomic E-state index is 13.3. The number of benzene rings is 2. The van der Waals surface area contributed by atoms with Crippen LogP contribution >= 0.6 is 0 Å². The SMILES string of the molecule is C=C1CCC(CCCC(C)C(=O)c2ccc(N=c3ccccc4c(-c5ccc(OC(F)F)cc5)c[nH]c34)cc2C)CC1. The van der Waals surface area contributed by atoms with Crippen molar-refractivity contribution in [3.05, 3.63) is 102 Å². The minimum absolute atomic E-state index is 0.00816. The molecule has 1 heterocycles. The highest BCUT2D eigenvalue weighted by atomic mass is 19.3. The summed E-state index contributed by atoms with van der Waals surface area (Å²) < 4.78 is 29.6. The first kappa shape index (κ1) is 29.4. The van der Waals surface area contributed by atoms with Gasteiger partial charge in [-0.1, -0.05) is 62.2 Å². The van der Waals surface area contributed by atoms with Gasteiger partial charge in [0.2, 0.25) is 0 Å². The highest BCUT2D eigenvalue weighted by molar-refractivity contribution is 5.99. The highest BCUT2D eigenvalue weighted by Gasteiger charge is 2.20. The summed E-state index contributed by atoms with van der Waals surface area (Å²) >= 11 is 0. The Kier molecular flexibility index (Phi) is 9.31. The van der Waals surface area contributed by atoms with Gasteiger partial charge in [-0.3, -0.25) is 4.79 Å². The van der Waals surface area contributed by atoms with Crippen LogP contribution in [-0.4, -0.2) is 17.4 Å². The molecular weight excluding hydrogens is 530 g/mol. The minimum atomic E-state index is -2.86. The summed E-state index contributed by atoms with van der Waals surface area (Å²) in [6.45, 7) is 5.28. The van der Waals surface area contributed by atoms with Gasteiger partial charge in [-0.25, -0.2) is 4.99 Å². The highest BCUT2D eigenvalue weighted by Crippen LogP contribution is 2.32. The fourth-order valence-corrected chi connectivity index (χ4v) is 5.97. The Morgan fingerprint density at radius 2 is 1.81 bits per heavy atom. The molecule has 5 rings (SSSR count). The second-order valence-corrected chi connectivity index (χ2v) is 11.5. The molecule has 0 aliphatic heterocycles.